The number of para-hydroxylation sites is 1. The van der Waals surface area contributed by atoms with Crippen LogP contribution in [0.3, 0.4) is 0 Å². The molecule has 0 atom stereocenters. The summed E-state index contributed by atoms with van der Waals surface area (Å²) in [6, 6.07) is 12.8. The molecule has 0 fully saturated rings. The van der Waals surface area contributed by atoms with Gasteiger partial charge in [-0.3, -0.25) is 0 Å². The van der Waals surface area contributed by atoms with E-state index < -0.39 is 0 Å². The minimum absolute atomic E-state index is 0.261. The number of aromatic hydroxyl groups is 1. The topological polar surface area (TPSA) is 63.5 Å². The van der Waals surface area contributed by atoms with E-state index in [0.29, 0.717) is 5.82 Å². The van der Waals surface area contributed by atoms with Crippen molar-refractivity contribution in [2.75, 3.05) is 5.73 Å². The Hall–Kier alpha value is -2.49. The van der Waals surface area contributed by atoms with Crippen LogP contribution < -0.4 is 5.73 Å². The molecule has 4 heteroatoms. The van der Waals surface area contributed by atoms with Gasteiger partial charge in [0.25, 0.3) is 0 Å². The van der Waals surface area contributed by atoms with Crippen LogP contribution in [0.1, 0.15) is 0 Å². The summed E-state index contributed by atoms with van der Waals surface area (Å²) in [6.45, 7) is 0. The van der Waals surface area contributed by atoms with Crippen molar-refractivity contribution >= 4 is 11.3 Å². The van der Waals surface area contributed by atoms with Crippen LogP contribution in [0.5, 0.6) is 5.75 Å². The highest BCUT2D eigenvalue weighted by Crippen LogP contribution is 2.29. The van der Waals surface area contributed by atoms with E-state index in [4.69, 9.17) is 5.73 Å². The van der Waals surface area contributed by atoms with E-state index in [-0.39, 0.29) is 5.75 Å². The molecule has 17 heavy (non-hydrogen) atoms. The fraction of sp³-hybridized carbons (Fsp3) is 0. The summed E-state index contributed by atoms with van der Waals surface area (Å²) in [7, 11) is 0. The molecule has 0 bridgehead atoms. The van der Waals surface area contributed by atoms with Gasteiger partial charge in [-0.25, -0.2) is 4.52 Å². The summed E-state index contributed by atoms with van der Waals surface area (Å²) in [5.74, 6) is 0.730. The fourth-order valence-corrected chi connectivity index (χ4v) is 1.87. The Labute approximate surface area is 97.9 Å². The number of nitrogens with two attached hydrogens (primary N) is 1. The predicted molar refractivity (Wildman–Crippen MR) is 66.7 cm³/mol. The number of phenolic OH excluding ortho intramolecular Hbond substituents is 1. The maximum absolute atomic E-state index is 9.79. The lowest BCUT2D eigenvalue weighted by Crippen LogP contribution is -1.95. The first kappa shape index (κ1) is 9.72. The van der Waals surface area contributed by atoms with Crippen LogP contribution in [-0.2, 0) is 0 Å². The minimum atomic E-state index is 0.261. The molecule has 0 unspecified atom stereocenters. The van der Waals surface area contributed by atoms with Gasteiger partial charge in [-0.2, -0.15) is 5.10 Å². The van der Waals surface area contributed by atoms with Gasteiger partial charge in [0.2, 0.25) is 0 Å². The lowest BCUT2D eigenvalue weighted by Gasteiger charge is -1.99. The predicted octanol–water partition coefficient (Wildman–Crippen LogP) is 2.29. The van der Waals surface area contributed by atoms with E-state index in [2.05, 4.69) is 5.10 Å². The highest BCUT2D eigenvalue weighted by atomic mass is 16.3. The molecule has 3 aromatic rings. The Morgan fingerprint density at radius 2 is 1.94 bits per heavy atom. The number of anilines is 1. The van der Waals surface area contributed by atoms with Gasteiger partial charge >= 0.3 is 0 Å². The third-order valence-electron chi connectivity index (χ3n) is 2.69. The number of rotatable bonds is 1. The van der Waals surface area contributed by atoms with Crippen LogP contribution in [0.2, 0.25) is 0 Å². The SMILES string of the molecule is Nc1ccc2cc(-c3ccccc3O)cn2n1. The van der Waals surface area contributed by atoms with Gasteiger partial charge in [-0.1, -0.05) is 18.2 Å². The van der Waals surface area contributed by atoms with Gasteiger partial charge in [-0.15, -0.1) is 0 Å². The molecule has 0 spiro atoms. The van der Waals surface area contributed by atoms with Gasteiger partial charge in [0.05, 0.1) is 5.52 Å². The second-order valence-electron chi connectivity index (χ2n) is 3.87. The highest BCUT2D eigenvalue weighted by Gasteiger charge is 2.06. The Balaban J connectivity index is 2.22. The maximum atomic E-state index is 9.79. The first-order chi connectivity index (χ1) is 8.24. The second kappa shape index (κ2) is 3.52. The Bertz CT molecular complexity index is 688. The molecule has 1 aromatic carbocycles. The number of hydrogen-bond donors (Lipinski definition) is 2. The average molecular weight is 225 g/mol. The van der Waals surface area contributed by atoms with Crippen LogP contribution >= 0.6 is 0 Å². The van der Waals surface area contributed by atoms with E-state index in [1.54, 1.807) is 22.7 Å². The number of benzene rings is 1. The molecule has 84 valence electrons. The molecule has 0 amide bonds. The largest absolute Gasteiger partial charge is 0.507 e. The minimum Gasteiger partial charge on any atom is -0.507 e. The van der Waals surface area contributed by atoms with Crippen LogP contribution in [0, 0.1) is 0 Å². The molecule has 0 saturated carbocycles. The van der Waals surface area contributed by atoms with Crippen molar-refractivity contribution in [2.45, 2.75) is 0 Å². The summed E-state index contributed by atoms with van der Waals surface area (Å²) in [5, 5.41) is 14.0. The number of nitrogen functional groups attached to an aromatic ring is 1. The molecule has 0 saturated heterocycles. The summed E-state index contributed by atoms with van der Waals surface area (Å²) in [4.78, 5) is 0. The van der Waals surface area contributed by atoms with Gasteiger partial charge in [0.15, 0.2) is 0 Å². The van der Waals surface area contributed by atoms with E-state index >= 15 is 0 Å². The molecule has 0 aliphatic rings. The Morgan fingerprint density at radius 1 is 1.12 bits per heavy atom. The number of phenols is 1. The van der Waals surface area contributed by atoms with Crippen LogP contribution in [-0.4, -0.2) is 14.7 Å². The number of hydrogen-bond acceptors (Lipinski definition) is 3. The summed E-state index contributed by atoms with van der Waals surface area (Å²) in [5.41, 5.74) is 8.27. The van der Waals surface area contributed by atoms with Crippen molar-refractivity contribution in [3.8, 4) is 16.9 Å². The van der Waals surface area contributed by atoms with Gasteiger partial charge in [0.1, 0.15) is 11.6 Å². The molecule has 2 aromatic heterocycles. The molecular formula is C13H11N3O. The molecule has 0 aliphatic carbocycles. The van der Waals surface area contributed by atoms with E-state index in [0.717, 1.165) is 16.6 Å². The third-order valence-corrected chi connectivity index (χ3v) is 2.69. The van der Waals surface area contributed by atoms with Crippen LogP contribution in [0.25, 0.3) is 16.6 Å². The van der Waals surface area contributed by atoms with E-state index in [1.165, 1.54) is 0 Å². The lowest BCUT2D eigenvalue weighted by atomic mass is 10.1. The van der Waals surface area contributed by atoms with Crippen molar-refractivity contribution < 1.29 is 5.11 Å². The number of aromatic nitrogens is 2. The monoisotopic (exact) mass is 225 g/mol. The van der Waals surface area contributed by atoms with Crippen molar-refractivity contribution in [3.05, 3.63) is 48.7 Å². The zero-order valence-electron chi connectivity index (χ0n) is 9.04. The molecule has 4 nitrogen and oxygen atoms in total. The van der Waals surface area contributed by atoms with Crippen LogP contribution in [0.15, 0.2) is 48.7 Å². The van der Waals surface area contributed by atoms with Crippen LogP contribution in [0.4, 0.5) is 5.82 Å². The molecule has 3 N–H and O–H groups in total. The average Bonchev–Trinajstić information content (AvgIpc) is 2.72. The van der Waals surface area contributed by atoms with E-state index in [1.807, 2.05) is 30.5 Å². The lowest BCUT2D eigenvalue weighted by molar-refractivity contribution is 0.477. The van der Waals surface area contributed by atoms with Gasteiger partial charge in [-0.05, 0) is 24.3 Å². The van der Waals surface area contributed by atoms with Crippen molar-refractivity contribution in [1.82, 2.24) is 9.61 Å². The van der Waals surface area contributed by atoms with Crippen molar-refractivity contribution in [1.29, 1.82) is 0 Å². The molecule has 2 heterocycles. The van der Waals surface area contributed by atoms with Gasteiger partial charge in [0, 0.05) is 17.3 Å². The normalized spacial score (nSPS) is 10.8. The molecule has 0 aliphatic heterocycles. The number of fused-ring (bicyclic) bond motifs is 1. The first-order valence-electron chi connectivity index (χ1n) is 5.27. The second-order valence-corrected chi connectivity index (χ2v) is 3.87. The standard InChI is InChI=1S/C13H11N3O/c14-13-6-5-10-7-9(8-16(10)15-13)11-3-1-2-4-12(11)17/h1-8,17H,(H2,14,15). The van der Waals surface area contributed by atoms with Crippen molar-refractivity contribution in [2.24, 2.45) is 0 Å². The van der Waals surface area contributed by atoms with Gasteiger partial charge < -0.3 is 10.8 Å². The highest BCUT2D eigenvalue weighted by molar-refractivity contribution is 5.74. The van der Waals surface area contributed by atoms with E-state index in [9.17, 15) is 5.11 Å². The molecule has 0 radical (unpaired) electrons. The fourth-order valence-electron chi connectivity index (χ4n) is 1.87. The summed E-state index contributed by atoms with van der Waals surface area (Å²) < 4.78 is 1.71. The first-order valence-corrected chi connectivity index (χ1v) is 5.27. The molecular weight excluding hydrogens is 214 g/mol. The van der Waals surface area contributed by atoms with Crippen molar-refractivity contribution in [3.63, 3.8) is 0 Å². The zero-order chi connectivity index (χ0) is 11.8. The zero-order valence-corrected chi connectivity index (χ0v) is 9.04. The Morgan fingerprint density at radius 3 is 2.76 bits per heavy atom. The number of nitrogens with zero attached hydrogens (tertiary/aromatic N) is 2. The third kappa shape index (κ3) is 1.59. The molecule has 3 rings (SSSR count). The summed E-state index contributed by atoms with van der Waals surface area (Å²) >= 11 is 0. The maximum Gasteiger partial charge on any atom is 0.144 e. The summed E-state index contributed by atoms with van der Waals surface area (Å²) in [6.07, 6.45) is 1.85. The smallest absolute Gasteiger partial charge is 0.144 e. The Kier molecular flexibility index (Phi) is 2.01. The quantitative estimate of drug-likeness (QED) is 0.667.